The van der Waals surface area contributed by atoms with Crippen molar-refractivity contribution in [3.63, 3.8) is 0 Å². The van der Waals surface area contributed by atoms with Crippen LogP contribution in [0.3, 0.4) is 0 Å². The minimum Gasteiger partial charge on any atom is -0.456 e. The number of hydrogen-bond acceptors (Lipinski definition) is 4. The van der Waals surface area contributed by atoms with E-state index >= 15 is 0 Å². The van der Waals surface area contributed by atoms with Gasteiger partial charge in [-0.2, -0.15) is 0 Å². The quantitative estimate of drug-likeness (QED) is 0.325. The Morgan fingerprint density at radius 2 is 1.61 bits per heavy atom. The molecule has 5 heteroatoms. The molecule has 0 aliphatic heterocycles. The third-order valence-corrected chi connectivity index (χ3v) is 5.98. The van der Waals surface area contributed by atoms with Crippen LogP contribution in [-0.2, 0) is 16.6 Å². The molecule has 1 heterocycles. The zero-order valence-corrected chi connectivity index (χ0v) is 17.0. The highest BCUT2D eigenvalue weighted by molar-refractivity contribution is 8.00. The number of rotatable bonds is 7. The number of ether oxygens (including phenoxy) is 1. The molecule has 0 aliphatic rings. The highest BCUT2D eigenvalue weighted by Crippen LogP contribution is 2.36. The second kappa shape index (κ2) is 8.93. The fourth-order valence-electron chi connectivity index (χ4n) is 2.94. The number of aromatic nitrogens is 1. The van der Waals surface area contributed by atoms with E-state index in [2.05, 4.69) is 0 Å². The van der Waals surface area contributed by atoms with Crippen molar-refractivity contribution >= 4 is 23.5 Å². The van der Waals surface area contributed by atoms with Crippen LogP contribution in [-0.4, -0.2) is 22.9 Å². The maximum absolute atomic E-state index is 12.8. The van der Waals surface area contributed by atoms with Crippen molar-refractivity contribution < 1.29 is 14.3 Å². The van der Waals surface area contributed by atoms with E-state index in [4.69, 9.17) is 4.74 Å². The molecule has 0 spiro atoms. The molecule has 0 bridgehead atoms. The Hall–Kier alpha value is -2.79. The van der Waals surface area contributed by atoms with Gasteiger partial charge in [0.25, 0.3) is 0 Å². The summed E-state index contributed by atoms with van der Waals surface area (Å²) < 4.78 is 7.38. The smallest absolute Gasteiger partial charge is 0.324 e. The lowest BCUT2D eigenvalue weighted by molar-refractivity contribution is -0.142. The van der Waals surface area contributed by atoms with E-state index in [0.717, 1.165) is 21.8 Å². The minimum absolute atomic E-state index is 0.189. The number of carbonyl (C=O) groups excluding carboxylic acids is 2. The lowest BCUT2D eigenvalue weighted by Gasteiger charge is -2.16. The van der Waals surface area contributed by atoms with Crippen LogP contribution in [0.2, 0.25) is 0 Å². The largest absolute Gasteiger partial charge is 0.456 e. The molecule has 0 amide bonds. The first-order chi connectivity index (χ1) is 13.5. The Morgan fingerprint density at radius 3 is 2.18 bits per heavy atom. The van der Waals surface area contributed by atoms with Crippen LogP contribution in [0.1, 0.15) is 32.6 Å². The van der Waals surface area contributed by atoms with E-state index in [1.807, 2.05) is 92.2 Å². The molecule has 144 valence electrons. The molecule has 0 radical (unpaired) electrons. The zero-order chi connectivity index (χ0) is 20.1. The second-order valence-corrected chi connectivity index (χ2v) is 7.77. The molecule has 4 nitrogen and oxygen atoms in total. The summed E-state index contributed by atoms with van der Waals surface area (Å²) >= 11 is 1.42. The third kappa shape index (κ3) is 4.54. The number of nitrogens with zero attached hydrogens (tertiary/aromatic N) is 1. The van der Waals surface area contributed by atoms with E-state index in [-0.39, 0.29) is 12.4 Å². The van der Waals surface area contributed by atoms with Gasteiger partial charge in [0, 0.05) is 28.9 Å². The fraction of sp³-hybridized carbons (Fsp3) is 0.217. The number of benzene rings is 2. The normalized spacial score (nSPS) is 11.8. The summed E-state index contributed by atoms with van der Waals surface area (Å²) in [5.41, 5.74) is 3.31. The second-order valence-electron chi connectivity index (χ2n) is 6.60. The summed E-state index contributed by atoms with van der Waals surface area (Å²) in [7, 11) is 1.91. The predicted molar refractivity (Wildman–Crippen MR) is 112 cm³/mol. The van der Waals surface area contributed by atoms with E-state index in [0.29, 0.717) is 5.56 Å². The standard InChI is InChI=1S/C23H23NO3S/c1-16-14-20(17(2)24(16)3)21(25)15-27-23(26)22(18-10-6-4-7-11-18)28-19-12-8-5-9-13-19/h4-14,22H,15H2,1-3H3/t22-/m1/s1. The van der Waals surface area contributed by atoms with Crippen LogP contribution in [0.25, 0.3) is 0 Å². The Balaban J connectivity index is 1.74. The first-order valence-corrected chi connectivity index (χ1v) is 9.94. The summed E-state index contributed by atoms with van der Waals surface area (Å²) in [6.07, 6.45) is 0. The van der Waals surface area contributed by atoms with Crippen molar-refractivity contribution in [2.75, 3.05) is 6.61 Å². The molecule has 1 atom stereocenters. The van der Waals surface area contributed by atoms with Crippen LogP contribution >= 0.6 is 11.8 Å². The van der Waals surface area contributed by atoms with Gasteiger partial charge in [-0.3, -0.25) is 9.59 Å². The number of esters is 1. The highest BCUT2D eigenvalue weighted by Gasteiger charge is 2.25. The fourth-order valence-corrected chi connectivity index (χ4v) is 3.99. The molecule has 2 aromatic carbocycles. The van der Waals surface area contributed by atoms with Gasteiger partial charge in [-0.15, -0.1) is 11.8 Å². The number of aryl methyl sites for hydroxylation is 1. The van der Waals surface area contributed by atoms with E-state index < -0.39 is 11.2 Å². The number of Topliss-reactive ketones (excluding diaryl/α,β-unsaturated/α-hetero) is 1. The molecule has 0 N–H and O–H groups in total. The van der Waals surface area contributed by atoms with Gasteiger partial charge in [-0.25, -0.2) is 0 Å². The summed E-state index contributed by atoms with van der Waals surface area (Å²) in [4.78, 5) is 26.4. The first kappa shape index (κ1) is 20.0. The van der Waals surface area contributed by atoms with Crippen LogP contribution < -0.4 is 0 Å². The SMILES string of the molecule is Cc1cc(C(=O)COC(=O)[C@H](Sc2ccccc2)c2ccccc2)c(C)n1C. The highest BCUT2D eigenvalue weighted by atomic mass is 32.2. The molecule has 0 aliphatic carbocycles. The Labute approximate surface area is 169 Å². The lowest BCUT2D eigenvalue weighted by Crippen LogP contribution is -2.19. The van der Waals surface area contributed by atoms with Gasteiger partial charge in [0.1, 0.15) is 5.25 Å². The number of ketones is 1. The van der Waals surface area contributed by atoms with Gasteiger partial charge in [0.2, 0.25) is 5.78 Å². The number of carbonyl (C=O) groups is 2. The summed E-state index contributed by atoms with van der Waals surface area (Å²) in [6.45, 7) is 3.57. The van der Waals surface area contributed by atoms with Gasteiger partial charge in [0.15, 0.2) is 6.61 Å². The number of thioether (sulfide) groups is 1. The molecule has 1 aromatic heterocycles. The Kier molecular flexibility index (Phi) is 6.37. The van der Waals surface area contributed by atoms with Crippen molar-refractivity contribution in [3.05, 3.63) is 89.2 Å². The van der Waals surface area contributed by atoms with Gasteiger partial charge in [-0.1, -0.05) is 48.5 Å². The van der Waals surface area contributed by atoms with E-state index in [9.17, 15) is 9.59 Å². The monoisotopic (exact) mass is 393 g/mol. The molecular weight excluding hydrogens is 370 g/mol. The molecule has 3 rings (SSSR count). The molecule has 0 unspecified atom stereocenters. The molecule has 28 heavy (non-hydrogen) atoms. The average molecular weight is 394 g/mol. The van der Waals surface area contributed by atoms with Crippen molar-refractivity contribution in [3.8, 4) is 0 Å². The molecular formula is C23H23NO3S. The van der Waals surface area contributed by atoms with Crippen molar-refractivity contribution in [2.45, 2.75) is 24.0 Å². The lowest BCUT2D eigenvalue weighted by atomic mass is 10.1. The Bertz CT molecular complexity index is 964. The summed E-state index contributed by atoms with van der Waals surface area (Å²) in [6, 6.07) is 21.0. The van der Waals surface area contributed by atoms with Crippen molar-refractivity contribution in [1.82, 2.24) is 4.57 Å². The van der Waals surface area contributed by atoms with Gasteiger partial charge >= 0.3 is 5.97 Å². The molecule has 3 aromatic rings. The zero-order valence-electron chi connectivity index (χ0n) is 16.2. The van der Waals surface area contributed by atoms with Crippen molar-refractivity contribution in [1.29, 1.82) is 0 Å². The van der Waals surface area contributed by atoms with Crippen LogP contribution in [0.5, 0.6) is 0 Å². The maximum Gasteiger partial charge on any atom is 0.324 e. The van der Waals surface area contributed by atoms with Crippen LogP contribution in [0.15, 0.2) is 71.6 Å². The summed E-state index contributed by atoms with van der Waals surface area (Å²) in [5.74, 6) is -0.607. The van der Waals surface area contributed by atoms with E-state index in [1.54, 1.807) is 0 Å². The molecule has 0 saturated carbocycles. The third-order valence-electron chi connectivity index (χ3n) is 4.73. The van der Waals surface area contributed by atoms with Crippen molar-refractivity contribution in [2.24, 2.45) is 7.05 Å². The molecule has 0 saturated heterocycles. The average Bonchev–Trinajstić information content (AvgIpc) is 2.99. The predicted octanol–water partition coefficient (Wildman–Crippen LogP) is 4.90. The first-order valence-electron chi connectivity index (χ1n) is 9.06. The Morgan fingerprint density at radius 1 is 1.00 bits per heavy atom. The van der Waals surface area contributed by atoms with Crippen LogP contribution in [0.4, 0.5) is 0 Å². The topological polar surface area (TPSA) is 48.3 Å². The summed E-state index contributed by atoms with van der Waals surface area (Å²) in [5, 5.41) is -0.532. The van der Waals surface area contributed by atoms with E-state index in [1.165, 1.54) is 11.8 Å². The molecule has 0 fully saturated rings. The maximum atomic E-state index is 12.8. The van der Waals surface area contributed by atoms with Gasteiger partial charge in [-0.05, 0) is 37.6 Å². The van der Waals surface area contributed by atoms with Gasteiger partial charge < -0.3 is 9.30 Å². The van der Waals surface area contributed by atoms with Crippen LogP contribution in [0, 0.1) is 13.8 Å². The minimum atomic E-state index is -0.532. The van der Waals surface area contributed by atoms with Gasteiger partial charge in [0.05, 0.1) is 0 Å². The number of hydrogen-bond donors (Lipinski definition) is 0.